The summed E-state index contributed by atoms with van der Waals surface area (Å²) in [4.78, 5) is 11.9. The molecular formula is C27H29FN4. The third-order valence-electron chi connectivity index (χ3n) is 7.75. The van der Waals surface area contributed by atoms with Crippen LogP contribution in [0, 0.1) is 5.82 Å². The van der Waals surface area contributed by atoms with Gasteiger partial charge in [-0.2, -0.15) is 0 Å². The van der Waals surface area contributed by atoms with Gasteiger partial charge in [-0.1, -0.05) is 31.2 Å². The van der Waals surface area contributed by atoms with Gasteiger partial charge in [-0.25, -0.2) is 14.4 Å². The number of rotatable bonds is 3. The maximum Gasteiger partial charge on any atom is 0.140 e. The monoisotopic (exact) mass is 428 g/mol. The first-order valence-electron chi connectivity index (χ1n) is 11.8. The fraction of sp³-hybridized carbons (Fsp3) is 0.407. The second-order valence-electron chi connectivity index (χ2n) is 9.77. The quantitative estimate of drug-likeness (QED) is 0.635. The fourth-order valence-electron chi connectivity index (χ4n) is 6.07. The van der Waals surface area contributed by atoms with E-state index in [-0.39, 0.29) is 11.2 Å². The molecule has 2 aromatic carbocycles. The second kappa shape index (κ2) is 7.66. The molecule has 1 saturated heterocycles. The number of piperidine rings is 1. The van der Waals surface area contributed by atoms with Gasteiger partial charge >= 0.3 is 0 Å². The lowest BCUT2D eigenvalue weighted by atomic mass is 9.74. The van der Waals surface area contributed by atoms with Crippen LogP contribution in [-0.2, 0) is 18.3 Å². The molecule has 0 saturated carbocycles. The molecule has 164 valence electrons. The summed E-state index contributed by atoms with van der Waals surface area (Å²) in [6.45, 7) is 5.36. The van der Waals surface area contributed by atoms with E-state index in [1.54, 1.807) is 18.5 Å². The van der Waals surface area contributed by atoms with Crippen molar-refractivity contribution in [3.05, 3.63) is 82.6 Å². The van der Waals surface area contributed by atoms with Crippen LogP contribution in [0.3, 0.4) is 0 Å². The molecule has 1 aromatic heterocycles. The molecule has 6 rings (SSSR count). The predicted octanol–water partition coefficient (Wildman–Crippen LogP) is 5.03. The lowest BCUT2D eigenvalue weighted by Gasteiger charge is -2.35. The highest BCUT2D eigenvalue weighted by atomic mass is 19.1. The number of aryl methyl sites for hydroxylation is 1. The molecule has 3 heterocycles. The first kappa shape index (κ1) is 19.9. The second-order valence-corrected chi connectivity index (χ2v) is 9.77. The minimum Gasteiger partial charge on any atom is -0.325 e. The average molecular weight is 429 g/mol. The minimum atomic E-state index is -0.170. The minimum absolute atomic E-state index is 0.137. The highest BCUT2D eigenvalue weighted by molar-refractivity contribution is 5.74. The number of anilines is 2. The summed E-state index contributed by atoms with van der Waals surface area (Å²) in [6, 6.07) is 13.8. The van der Waals surface area contributed by atoms with Gasteiger partial charge in [-0.05, 0) is 86.0 Å². The third kappa shape index (κ3) is 3.22. The topological polar surface area (TPSA) is 41.1 Å². The largest absolute Gasteiger partial charge is 0.325 e. The van der Waals surface area contributed by atoms with Gasteiger partial charge in [0.05, 0.1) is 0 Å². The number of nitrogens with one attached hydrogen (secondary N) is 1. The van der Waals surface area contributed by atoms with Gasteiger partial charge in [-0.15, -0.1) is 0 Å². The molecule has 3 aromatic rings. The van der Waals surface area contributed by atoms with Gasteiger partial charge < -0.3 is 10.2 Å². The number of benzene rings is 2. The molecule has 1 atom stereocenters. The molecule has 0 amide bonds. The van der Waals surface area contributed by atoms with Crippen molar-refractivity contribution in [1.82, 2.24) is 15.3 Å². The number of aromatic nitrogens is 2. The Morgan fingerprint density at radius 3 is 2.78 bits per heavy atom. The van der Waals surface area contributed by atoms with Crippen molar-refractivity contribution >= 4 is 11.5 Å². The maximum absolute atomic E-state index is 13.7. The van der Waals surface area contributed by atoms with Gasteiger partial charge in [-0.3, -0.25) is 0 Å². The van der Waals surface area contributed by atoms with Crippen molar-refractivity contribution in [2.75, 3.05) is 24.5 Å². The molecule has 0 radical (unpaired) electrons. The van der Waals surface area contributed by atoms with Crippen LogP contribution in [0.15, 0.2) is 48.8 Å². The summed E-state index contributed by atoms with van der Waals surface area (Å²) >= 11 is 0. The van der Waals surface area contributed by atoms with Crippen molar-refractivity contribution in [1.29, 1.82) is 0 Å². The van der Waals surface area contributed by atoms with Crippen molar-refractivity contribution in [3.63, 3.8) is 0 Å². The van der Waals surface area contributed by atoms with Crippen molar-refractivity contribution in [2.24, 2.45) is 0 Å². The summed E-state index contributed by atoms with van der Waals surface area (Å²) in [5, 5.41) is 3.54. The molecule has 32 heavy (non-hydrogen) atoms. The molecule has 5 heteroatoms. The first-order valence-corrected chi connectivity index (χ1v) is 11.8. The number of halogens is 1. The molecule has 1 N–H and O–H groups in total. The van der Waals surface area contributed by atoms with E-state index < -0.39 is 0 Å². The van der Waals surface area contributed by atoms with E-state index in [4.69, 9.17) is 4.98 Å². The van der Waals surface area contributed by atoms with E-state index in [1.165, 1.54) is 34.1 Å². The highest BCUT2D eigenvalue weighted by Crippen LogP contribution is 2.51. The van der Waals surface area contributed by atoms with Gasteiger partial charge in [0.15, 0.2) is 0 Å². The van der Waals surface area contributed by atoms with Crippen molar-refractivity contribution in [3.8, 4) is 0 Å². The van der Waals surface area contributed by atoms with E-state index in [0.29, 0.717) is 5.92 Å². The van der Waals surface area contributed by atoms with E-state index in [2.05, 4.69) is 40.3 Å². The molecule has 1 unspecified atom stereocenters. The first-order chi connectivity index (χ1) is 15.6. The third-order valence-corrected chi connectivity index (χ3v) is 7.75. The molecule has 1 aliphatic carbocycles. The summed E-state index contributed by atoms with van der Waals surface area (Å²) in [5.41, 5.74) is 7.68. The summed E-state index contributed by atoms with van der Waals surface area (Å²) in [5.74, 6) is 1.44. The zero-order valence-electron chi connectivity index (χ0n) is 18.6. The van der Waals surface area contributed by atoms with E-state index in [9.17, 15) is 4.39 Å². The zero-order chi connectivity index (χ0) is 21.7. The smallest absolute Gasteiger partial charge is 0.140 e. The Hall–Kier alpha value is -2.79. The maximum atomic E-state index is 13.7. The summed E-state index contributed by atoms with van der Waals surface area (Å²) < 4.78 is 13.7. The molecular weight excluding hydrogens is 399 g/mol. The van der Waals surface area contributed by atoms with Crippen LogP contribution in [0.5, 0.6) is 0 Å². The lowest BCUT2D eigenvalue weighted by molar-refractivity contribution is 0.329. The van der Waals surface area contributed by atoms with Gasteiger partial charge in [0.2, 0.25) is 0 Å². The van der Waals surface area contributed by atoms with Gasteiger partial charge in [0, 0.05) is 28.9 Å². The summed E-state index contributed by atoms with van der Waals surface area (Å²) in [7, 11) is 0. The Morgan fingerprint density at radius 1 is 1.09 bits per heavy atom. The predicted molar refractivity (Wildman–Crippen MR) is 125 cm³/mol. The Labute approximate surface area is 188 Å². The van der Waals surface area contributed by atoms with Crippen LogP contribution in [-0.4, -0.2) is 29.6 Å². The molecule has 1 spiro atoms. The van der Waals surface area contributed by atoms with Crippen LogP contribution in [0.2, 0.25) is 0 Å². The van der Waals surface area contributed by atoms with Crippen molar-refractivity contribution < 1.29 is 4.39 Å². The van der Waals surface area contributed by atoms with E-state index >= 15 is 0 Å². The molecule has 2 aliphatic heterocycles. The zero-order valence-corrected chi connectivity index (χ0v) is 18.6. The molecule has 1 fully saturated rings. The van der Waals surface area contributed by atoms with Crippen LogP contribution in [0.4, 0.5) is 15.9 Å². The summed E-state index contributed by atoms with van der Waals surface area (Å²) in [6.07, 6.45) is 6.96. The van der Waals surface area contributed by atoms with Crippen LogP contribution < -0.4 is 10.2 Å². The van der Waals surface area contributed by atoms with E-state index in [0.717, 1.165) is 63.1 Å². The normalized spacial score (nSPS) is 21.1. The number of hydrogen-bond donors (Lipinski definition) is 1. The van der Waals surface area contributed by atoms with Crippen molar-refractivity contribution in [2.45, 2.75) is 50.4 Å². The van der Waals surface area contributed by atoms with Crippen LogP contribution in [0.25, 0.3) is 0 Å². The Bertz CT molecular complexity index is 1170. The highest BCUT2D eigenvalue weighted by Gasteiger charge is 2.45. The Kier molecular flexibility index (Phi) is 4.76. The Balaban J connectivity index is 1.43. The Morgan fingerprint density at radius 2 is 1.94 bits per heavy atom. The molecule has 4 nitrogen and oxygen atoms in total. The average Bonchev–Trinajstić information content (AvgIpc) is 3.33. The SMILES string of the molecule is CC1CCc2ncnc(N3CC4(CCNCC4)c4cc(Cc5cccc(F)c5)ccc43)c21. The van der Waals surface area contributed by atoms with Gasteiger partial charge in [0.25, 0.3) is 0 Å². The van der Waals surface area contributed by atoms with Crippen LogP contribution >= 0.6 is 0 Å². The van der Waals surface area contributed by atoms with Crippen LogP contribution in [0.1, 0.15) is 60.1 Å². The number of nitrogens with zero attached hydrogens (tertiary/aromatic N) is 3. The standard InChI is InChI=1S/C27H29FN4/c1-18-5-7-23-25(18)26(31-17-30-23)32-16-27(9-11-29-12-10-27)22-15-20(6-8-24(22)32)13-19-3-2-4-21(28)14-19/h2-4,6,8,14-15,17-18,29H,5,7,9-13,16H2,1H3. The molecule has 3 aliphatic rings. The van der Waals surface area contributed by atoms with Gasteiger partial charge in [0.1, 0.15) is 18.0 Å². The van der Waals surface area contributed by atoms with E-state index in [1.807, 2.05) is 6.07 Å². The lowest BCUT2D eigenvalue weighted by Crippen LogP contribution is -2.42. The number of hydrogen-bond acceptors (Lipinski definition) is 4. The fourth-order valence-corrected chi connectivity index (χ4v) is 6.07. The number of fused-ring (bicyclic) bond motifs is 3. The molecule has 0 bridgehead atoms.